The van der Waals surface area contributed by atoms with Crippen LogP contribution in [0.5, 0.6) is 0 Å². The summed E-state index contributed by atoms with van der Waals surface area (Å²) >= 11 is 0. The van der Waals surface area contributed by atoms with E-state index in [4.69, 9.17) is 15.0 Å². The molecule has 0 aliphatic carbocycles. The maximum atomic E-state index is 8.21. The third-order valence-corrected chi connectivity index (χ3v) is 2.94. The van der Waals surface area contributed by atoms with E-state index in [0.29, 0.717) is 31.4 Å². The molecule has 0 aromatic rings. The zero-order valence-electron chi connectivity index (χ0n) is 13.6. The van der Waals surface area contributed by atoms with Crippen LogP contribution in [0.1, 0.15) is 34.1 Å². The SMILES string of the molecule is CCOC1=N[C@H](C(C)C)C(OCC)=N[C@H]1CC#CCN=[N+]=[N-]. The molecule has 0 amide bonds. The molecule has 0 unspecified atom stereocenters. The molecule has 0 aromatic heterocycles. The minimum Gasteiger partial charge on any atom is -0.480 e. The molecule has 0 spiro atoms. The predicted molar refractivity (Wildman–Crippen MR) is 86.9 cm³/mol. The van der Waals surface area contributed by atoms with Gasteiger partial charge in [0.25, 0.3) is 0 Å². The van der Waals surface area contributed by atoms with Crippen LogP contribution in [0.25, 0.3) is 10.4 Å². The highest BCUT2D eigenvalue weighted by Gasteiger charge is 2.30. The van der Waals surface area contributed by atoms with Gasteiger partial charge in [-0.2, -0.15) is 0 Å². The first-order chi connectivity index (χ1) is 10.6. The first-order valence-corrected chi connectivity index (χ1v) is 7.51. The third-order valence-electron chi connectivity index (χ3n) is 2.94. The van der Waals surface area contributed by atoms with Gasteiger partial charge in [0.1, 0.15) is 12.1 Å². The summed E-state index contributed by atoms with van der Waals surface area (Å²) in [7, 11) is 0. The van der Waals surface area contributed by atoms with Crippen molar-refractivity contribution in [1.29, 1.82) is 0 Å². The van der Waals surface area contributed by atoms with Crippen LogP contribution >= 0.6 is 0 Å². The van der Waals surface area contributed by atoms with E-state index < -0.39 is 0 Å². The molecule has 0 bridgehead atoms. The van der Waals surface area contributed by atoms with Crippen LogP contribution in [-0.4, -0.2) is 43.6 Å². The van der Waals surface area contributed by atoms with E-state index in [2.05, 4.69) is 45.7 Å². The van der Waals surface area contributed by atoms with Crippen LogP contribution < -0.4 is 0 Å². The van der Waals surface area contributed by atoms with Crippen molar-refractivity contribution >= 4 is 11.8 Å². The fourth-order valence-corrected chi connectivity index (χ4v) is 1.97. The zero-order valence-corrected chi connectivity index (χ0v) is 13.6. The van der Waals surface area contributed by atoms with Crippen molar-refractivity contribution in [3.63, 3.8) is 0 Å². The fraction of sp³-hybridized carbons (Fsp3) is 0.733. The molecule has 120 valence electrons. The second kappa shape index (κ2) is 9.69. The predicted octanol–water partition coefficient (Wildman–Crippen LogP) is 2.97. The molecule has 0 radical (unpaired) electrons. The van der Waals surface area contributed by atoms with E-state index in [-0.39, 0.29) is 24.5 Å². The van der Waals surface area contributed by atoms with Gasteiger partial charge in [-0.05, 0) is 25.3 Å². The van der Waals surface area contributed by atoms with Gasteiger partial charge in [-0.25, -0.2) is 9.98 Å². The third kappa shape index (κ3) is 5.30. The molecular weight excluding hydrogens is 282 g/mol. The van der Waals surface area contributed by atoms with Crippen LogP contribution in [0.4, 0.5) is 0 Å². The lowest BCUT2D eigenvalue weighted by Crippen LogP contribution is -2.38. The van der Waals surface area contributed by atoms with E-state index in [9.17, 15) is 0 Å². The molecule has 0 aromatic carbocycles. The van der Waals surface area contributed by atoms with Crippen molar-refractivity contribution in [3.8, 4) is 11.8 Å². The summed E-state index contributed by atoms with van der Waals surface area (Å²) in [4.78, 5) is 11.9. The Labute approximate surface area is 131 Å². The molecule has 1 aliphatic heterocycles. The Bertz CT molecular complexity index is 524. The normalized spacial score (nSPS) is 20.2. The number of hydrogen-bond donors (Lipinski definition) is 0. The molecule has 1 aliphatic rings. The summed E-state index contributed by atoms with van der Waals surface area (Å²) in [6.07, 6.45) is 0.459. The lowest BCUT2D eigenvalue weighted by Gasteiger charge is -2.27. The molecule has 2 atom stereocenters. The first-order valence-electron chi connectivity index (χ1n) is 7.51. The first kappa shape index (κ1) is 17.9. The Hall–Kier alpha value is -2.19. The lowest BCUT2D eigenvalue weighted by molar-refractivity contribution is 0.276. The van der Waals surface area contributed by atoms with Crippen molar-refractivity contribution in [2.75, 3.05) is 19.8 Å². The van der Waals surface area contributed by atoms with Gasteiger partial charge in [-0.3, -0.25) is 0 Å². The smallest absolute Gasteiger partial charge is 0.210 e. The standard InChI is InChI=1S/C15H23N5O2/c1-5-21-14-12(9-7-8-10-17-20-16)18-15(22-6-2)13(19-14)11(3)4/h11-13H,5-6,9-10H2,1-4H3/t12-,13+/m0/s1. The summed E-state index contributed by atoms with van der Waals surface area (Å²) in [5, 5.41) is 3.37. The number of ether oxygens (including phenoxy) is 2. The van der Waals surface area contributed by atoms with Crippen LogP contribution in [0.2, 0.25) is 0 Å². The molecule has 22 heavy (non-hydrogen) atoms. The number of nitrogens with zero attached hydrogens (tertiary/aromatic N) is 5. The average molecular weight is 305 g/mol. The molecule has 7 heteroatoms. The van der Waals surface area contributed by atoms with Crippen LogP contribution in [-0.2, 0) is 9.47 Å². The molecule has 1 rings (SSSR count). The van der Waals surface area contributed by atoms with Crippen molar-refractivity contribution in [2.24, 2.45) is 21.0 Å². The van der Waals surface area contributed by atoms with E-state index in [1.807, 2.05) is 13.8 Å². The fourth-order valence-electron chi connectivity index (χ4n) is 1.97. The van der Waals surface area contributed by atoms with Crippen LogP contribution in [0.3, 0.4) is 0 Å². The maximum absolute atomic E-state index is 8.21. The highest BCUT2D eigenvalue weighted by molar-refractivity contribution is 5.94. The number of azide groups is 1. The molecular formula is C15H23N5O2. The summed E-state index contributed by atoms with van der Waals surface area (Å²) in [5.74, 6) is 7.25. The van der Waals surface area contributed by atoms with Crippen LogP contribution in [0.15, 0.2) is 15.1 Å². The highest BCUT2D eigenvalue weighted by atomic mass is 16.5. The van der Waals surface area contributed by atoms with Gasteiger partial charge in [0.15, 0.2) is 0 Å². The largest absolute Gasteiger partial charge is 0.480 e. The van der Waals surface area contributed by atoms with Crippen molar-refractivity contribution in [1.82, 2.24) is 0 Å². The van der Waals surface area contributed by atoms with Gasteiger partial charge in [0.05, 0.1) is 19.8 Å². The van der Waals surface area contributed by atoms with E-state index in [1.54, 1.807) is 0 Å². The van der Waals surface area contributed by atoms with Gasteiger partial charge in [0, 0.05) is 11.3 Å². The Morgan fingerprint density at radius 3 is 2.45 bits per heavy atom. The van der Waals surface area contributed by atoms with Gasteiger partial charge >= 0.3 is 0 Å². The molecule has 1 heterocycles. The maximum Gasteiger partial charge on any atom is 0.210 e. The number of rotatable bonds is 5. The molecule has 0 N–H and O–H groups in total. The Morgan fingerprint density at radius 1 is 1.18 bits per heavy atom. The number of aliphatic imine (C=N–C) groups is 2. The van der Waals surface area contributed by atoms with Gasteiger partial charge in [0.2, 0.25) is 11.8 Å². The topological polar surface area (TPSA) is 91.9 Å². The second-order valence-electron chi connectivity index (χ2n) is 4.95. The van der Waals surface area contributed by atoms with Gasteiger partial charge in [-0.1, -0.05) is 24.9 Å². The van der Waals surface area contributed by atoms with Crippen LogP contribution in [0, 0.1) is 17.8 Å². The highest BCUT2D eigenvalue weighted by Crippen LogP contribution is 2.19. The molecule has 0 saturated heterocycles. The van der Waals surface area contributed by atoms with E-state index in [1.165, 1.54) is 0 Å². The van der Waals surface area contributed by atoms with Crippen molar-refractivity contribution < 1.29 is 9.47 Å². The molecule has 7 nitrogen and oxygen atoms in total. The summed E-state index contributed by atoms with van der Waals surface area (Å²) in [5.41, 5.74) is 8.21. The summed E-state index contributed by atoms with van der Waals surface area (Å²) in [6, 6.07) is -0.385. The average Bonchev–Trinajstić information content (AvgIpc) is 2.49. The Morgan fingerprint density at radius 2 is 1.86 bits per heavy atom. The van der Waals surface area contributed by atoms with Crippen molar-refractivity contribution in [2.45, 2.75) is 46.2 Å². The Balaban J connectivity index is 2.91. The van der Waals surface area contributed by atoms with Gasteiger partial charge < -0.3 is 9.47 Å². The quantitative estimate of drug-likeness (QED) is 0.338. The zero-order chi connectivity index (χ0) is 16.4. The van der Waals surface area contributed by atoms with Crippen molar-refractivity contribution in [3.05, 3.63) is 10.4 Å². The van der Waals surface area contributed by atoms with E-state index in [0.717, 1.165) is 0 Å². The monoisotopic (exact) mass is 305 g/mol. The lowest BCUT2D eigenvalue weighted by atomic mass is 10.0. The molecule has 0 saturated carbocycles. The van der Waals surface area contributed by atoms with Gasteiger partial charge in [-0.15, -0.1) is 5.92 Å². The number of hydrogen-bond acceptors (Lipinski definition) is 5. The minimum absolute atomic E-state index is 0.117. The van der Waals surface area contributed by atoms with E-state index >= 15 is 0 Å². The molecule has 0 fully saturated rings. The summed E-state index contributed by atoms with van der Waals surface area (Å²) < 4.78 is 11.2. The second-order valence-corrected chi connectivity index (χ2v) is 4.95. The Kier molecular flexibility index (Phi) is 7.87. The minimum atomic E-state index is -0.268. The summed E-state index contributed by atoms with van der Waals surface area (Å²) in [6.45, 7) is 9.23.